The Morgan fingerprint density at radius 3 is 3.00 bits per heavy atom. The van der Waals surface area contributed by atoms with E-state index < -0.39 is 0 Å². The van der Waals surface area contributed by atoms with Crippen LogP contribution < -0.4 is 5.32 Å². The minimum Gasteiger partial charge on any atom is -0.310 e. The summed E-state index contributed by atoms with van der Waals surface area (Å²) in [5.74, 6) is 0.657. The number of anilines is 1. The molecule has 1 atom stereocenters. The number of likely N-dealkylation sites (tertiary alicyclic amines) is 1. The Kier molecular flexibility index (Phi) is 5.35. The average Bonchev–Trinajstić information content (AvgIpc) is 2.58. The maximum atomic E-state index is 12.4. The van der Waals surface area contributed by atoms with E-state index in [-0.39, 0.29) is 11.8 Å². The second kappa shape index (κ2) is 7.66. The number of nitrogens with one attached hydrogen (secondary N) is 1. The van der Waals surface area contributed by atoms with Crippen molar-refractivity contribution in [3.8, 4) is 0 Å². The third kappa shape index (κ3) is 4.59. The fourth-order valence-electron chi connectivity index (χ4n) is 2.84. The maximum absolute atomic E-state index is 12.4. The highest BCUT2D eigenvalue weighted by atomic mass is 79.9. The Bertz CT molecular complexity index is 647. The van der Waals surface area contributed by atoms with Crippen molar-refractivity contribution in [1.82, 2.24) is 14.9 Å². The first kappa shape index (κ1) is 16.1. The number of pyridine rings is 2. The van der Waals surface area contributed by atoms with E-state index in [1.165, 1.54) is 5.56 Å². The largest absolute Gasteiger partial charge is 0.310 e. The lowest BCUT2D eigenvalue weighted by molar-refractivity contribution is -0.121. The van der Waals surface area contributed by atoms with Crippen molar-refractivity contribution < 1.29 is 4.79 Å². The van der Waals surface area contributed by atoms with Gasteiger partial charge in [-0.1, -0.05) is 6.07 Å². The molecule has 0 aliphatic carbocycles. The molecule has 0 saturated carbocycles. The van der Waals surface area contributed by atoms with Crippen LogP contribution in [0.2, 0.25) is 0 Å². The van der Waals surface area contributed by atoms with E-state index in [0.717, 1.165) is 36.9 Å². The van der Waals surface area contributed by atoms with Gasteiger partial charge in [0.15, 0.2) is 0 Å². The zero-order valence-corrected chi connectivity index (χ0v) is 14.4. The average molecular weight is 375 g/mol. The molecule has 3 rings (SSSR count). The zero-order valence-electron chi connectivity index (χ0n) is 12.8. The number of aromatic nitrogens is 2. The van der Waals surface area contributed by atoms with Crippen molar-refractivity contribution in [1.29, 1.82) is 0 Å². The quantitative estimate of drug-likeness (QED) is 0.892. The fourth-order valence-corrected chi connectivity index (χ4v) is 3.08. The number of halogens is 1. The first-order valence-electron chi connectivity index (χ1n) is 7.74. The van der Waals surface area contributed by atoms with Gasteiger partial charge in [0.2, 0.25) is 5.91 Å². The van der Waals surface area contributed by atoms with Gasteiger partial charge in [-0.25, -0.2) is 4.98 Å². The molecule has 120 valence electrons. The van der Waals surface area contributed by atoms with E-state index in [1.54, 1.807) is 18.5 Å². The van der Waals surface area contributed by atoms with Crippen LogP contribution in [0, 0.1) is 5.92 Å². The molecule has 5 nitrogen and oxygen atoms in total. The Morgan fingerprint density at radius 2 is 2.26 bits per heavy atom. The van der Waals surface area contributed by atoms with Gasteiger partial charge in [0.05, 0.1) is 5.92 Å². The molecule has 1 saturated heterocycles. The lowest BCUT2D eigenvalue weighted by atomic mass is 9.97. The molecule has 0 bridgehead atoms. The smallest absolute Gasteiger partial charge is 0.229 e. The SMILES string of the molecule is O=C(Nc1ccc(Br)cn1)[C@@H]1CCCN(Cc2cccnc2)C1. The Balaban J connectivity index is 1.57. The molecule has 1 amide bonds. The topological polar surface area (TPSA) is 58.1 Å². The van der Waals surface area contributed by atoms with Crippen molar-refractivity contribution in [2.45, 2.75) is 19.4 Å². The number of nitrogens with zero attached hydrogens (tertiary/aromatic N) is 3. The predicted octanol–water partition coefficient (Wildman–Crippen LogP) is 3.09. The summed E-state index contributed by atoms with van der Waals surface area (Å²) in [7, 11) is 0. The maximum Gasteiger partial charge on any atom is 0.229 e. The van der Waals surface area contributed by atoms with Crippen molar-refractivity contribution in [2.24, 2.45) is 5.92 Å². The number of carbonyl (C=O) groups excluding carboxylic acids is 1. The number of hydrogen-bond acceptors (Lipinski definition) is 4. The fraction of sp³-hybridized carbons (Fsp3) is 0.353. The number of carbonyl (C=O) groups is 1. The highest BCUT2D eigenvalue weighted by Gasteiger charge is 2.26. The highest BCUT2D eigenvalue weighted by Crippen LogP contribution is 2.20. The van der Waals surface area contributed by atoms with Crippen molar-refractivity contribution in [3.05, 3.63) is 52.9 Å². The number of rotatable bonds is 4. The van der Waals surface area contributed by atoms with E-state index in [0.29, 0.717) is 5.82 Å². The zero-order chi connectivity index (χ0) is 16.1. The summed E-state index contributed by atoms with van der Waals surface area (Å²) in [4.78, 5) is 23.1. The first-order chi connectivity index (χ1) is 11.2. The van der Waals surface area contributed by atoms with E-state index in [2.05, 4.69) is 42.2 Å². The van der Waals surface area contributed by atoms with Gasteiger partial charge in [0, 0.05) is 36.2 Å². The van der Waals surface area contributed by atoms with Crippen LogP contribution in [0.5, 0.6) is 0 Å². The van der Waals surface area contributed by atoms with Gasteiger partial charge in [0.1, 0.15) is 5.82 Å². The molecule has 2 aromatic rings. The summed E-state index contributed by atoms with van der Waals surface area (Å²) in [6.07, 6.45) is 7.31. The summed E-state index contributed by atoms with van der Waals surface area (Å²) >= 11 is 3.34. The van der Waals surface area contributed by atoms with Crippen LogP contribution in [0.1, 0.15) is 18.4 Å². The standard InChI is InChI=1S/C17H19BrN4O/c18-15-5-6-16(20-10-15)21-17(23)14-4-2-8-22(12-14)11-13-3-1-7-19-9-13/h1,3,5-7,9-10,14H,2,4,8,11-12H2,(H,20,21,23)/t14-/m1/s1. The molecular weight excluding hydrogens is 356 g/mol. The van der Waals surface area contributed by atoms with Crippen LogP contribution in [-0.2, 0) is 11.3 Å². The second-order valence-electron chi connectivity index (χ2n) is 5.79. The lowest BCUT2D eigenvalue weighted by Crippen LogP contribution is -2.40. The summed E-state index contributed by atoms with van der Waals surface area (Å²) in [6, 6.07) is 7.70. The van der Waals surface area contributed by atoms with Gasteiger partial charge in [-0.15, -0.1) is 0 Å². The summed E-state index contributed by atoms with van der Waals surface area (Å²) < 4.78 is 0.899. The van der Waals surface area contributed by atoms with Crippen LogP contribution in [-0.4, -0.2) is 33.9 Å². The van der Waals surface area contributed by atoms with E-state index in [1.807, 2.05) is 18.3 Å². The molecule has 0 unspecified atom stereocenters. The Labute approximate surface area is 144 Å². The molecule has 0 spiro atoms. The van der Waals surface area contributed by atoms with Crippen LogP contribution in [0.15, 0.2) is 47.3 Å². The second-order valence-corrected chi connectivity index (χ2v) is 6.70. The third-order valence-electron chi connectivity index (χ3n) is 3.98. The van der Waals surface area contributed by atoms with E-state index in [9.17, 15) is 4.79 Å². The van der Waals surface area contributed by atoms with Crippen LogP contribution in [0.4, 0.5) is 5.82 Å². The first-order valence-corrected chi connectivity index (χ1v) is 8.54. The van der Waals surface area contributed by atoms with Crippen LogP contribution >= 0.6 is 15.9 Å². The molecule has 0 aromatic carbocycles. The number of hydrogen-bond donors (Lipinski definition) is 1. The van der Waals surface area contributed by atoms with E-state index in [4.69, 9.17) is 0 Å². The molecule has 23 heavy (non-hydrogen) atoms. The number of amides is 1. The van der Waals surface area contributed by atoms with Gasteiger partial charge in [-0.05, 0) is 59.1 Å². The Morgan fingerprint density at radius 1 is 1.35 bits per heavy atom. The Hall–Kier alpha value is -1.79. The molecule has 2 aromatic heterocycles. The molecule has 1 aliphatic heterocycles. The molecular formula is C17H19BrN4O. The normalized spacial score (nSPS) is 18.6. The monoisotopic (exact) mass is 374 g/mol. The van der Waals surface area contributed by atoms with E-state index >= 15 is 0 Å². The molecule has 0 radical (unpaired) electrons. The third-order valence-corrected chi connectivity index (χ3v) is 4.45. The molecule has 1 N–H and O–H groups in total. The van der Waals surface area contributed by atoms with Crippen molar-refractivity contribution in [2.75, 3.05) is 18.4 Å². The summed E-state index contributed by atoms with van der Waals surface area (Å²) in [6.45, 7) is 2.64. The molecule has 6 heteroatoms. The van der Waals surface area contributed by atoms with Gasteiger partial charge in [-0.2, -0.15) is 0 Å². The van der Waals surface area contributed by atoms with Crippen molar-refractivity contribution in [3.63, 3.8) is 0 Å². The minimum atomic E-state index is 0.00543. The minimum absolute atomic E-state index is 0.00543. The number of piperidine rings is 1. The van der Waals surface area contributed by atoms with Crippen LogP contribution in [0.3, 0.4) is 0 Å². The lowest BCUT2D eigenvalue weighted by Gasteiger charge is -2.31. The summed E-state index contributed by atoms with van der Waals surface area (Å²) in [5.41, 5.74) is 1.18. The van der Waals surface area contributed by atoms with Gasteiger partial charge >= 0.3 is 0 Å². The molecule has 1 fully saturated rings. The summed E-state index contributed by atoms with van der Waals surface area (Å²) in [5, 5.41) is 2.91. The highest BCUT2D eigenvalue weighted by molar-refractivity contribution is 9.10. The van der Waals surface area contributed by atoms with Gasteiger partial charge < -0.3 is 5.32 Å². The molecule has 3 heterocycles. The van der Waals surface area contributed by atoms with Crippen LogP contribution in [0.25, 0.3) is 0 Å². The van der Waals surface area contributed by atoms with Gasteiger partial charge in [0.25, 0.3) is 0 Å². The predicted molar refractivity (Wildman–Crippen MR) is 92.8 cm³/mol. The van der Waals surface area contributed by atoms with Gasteiger partial charge in [-0.3, -0.25) is 14.7 Å². The molecule has 1 aliphatic rings. The van der Waals surface area contributed by atoms with Crippen molar-refractivity contribution >= 4 is 27.7 Å².